The highest BCUT2D eigenvalue weighted by Crippen LogP contribution is 2.21. The number of rotatable bonds is 2. The SMILES string of the molecule is Cc1cc(C)n(Cc2cccc(F)c2Br)c(=O)n1. The van der Waals surface area contributed by atoms with Crippen LogP contribution in [0.15, 0.2) is 33.5 Å². The van der Waals surface area contributed by atoms with Crippen LogP contribution in [0.3, 0.4) is 0 Å². The van der Waals surface area contributed by atoms with E-state index in [1.807, 2.05) is 13.0 Å². The van der Waals surface area contributed by atoms with Gasteiger partial charge in [0.2, 0.25) is 0 Å². The van der Waals surface area contributed by atoms with Crippen LogP contribution in [0.4, 0.5) is 4.39 Å². The number of nitrogens with zero attached hydrogens (tertiary/aromatic N) is 2. The molecular formula is C13H12BrFN2O. The fourth-order valence-electron chi connectivity index (χ4n) is 1.81. The van der Waals surface area contributed by atoms with Crippen molar-refractivity contribution in [1.82, 2.24) is 9.55 Å². The van der Waals surface area contributed by atoms with Crippen molar-refractivity contribution in [3.05, 3.63) is 62.0 Å². The summed E-state index contributed by atoms with van der Waals surface area (Å²) in [4.78, 5) is 15.7. The molecule has 0 saturated carbocycles. The van der Waals surface area contributed by atoms with Gasteiger partial charge in [-0.25, -0.2) is 9.18 Å². The lowest BCUT2D eigenvalue weighted by atomic mass is 10.2. The molecule has 1 aromatic heterocycles. The number of hydrogen-bond acceptors (Lipinski definition) is 2. The molecule has 0 bridgehead atoms. The van der Waals surface area contributed by atoms with Crippen LogP contribution in [-0.4, -0.2) is 9.55 Å². The minimum Gasteiger partial charge on any atom is -0.292 e. The van der Waals surface area contributed by atoms with Crippen molar-refractivity contribution in [2.45, 2.75) is 20.4 Å². The Morgan fingerprint density at radius 2 is 2.11 bits per heavy atom. The Hall–Kier alpha value is -1.49. The van der Waals surface area contributed by atoms with Crippen LogP contribution >= 0.6 is 15.9 Å². The number of halogens is 2. The molecular weight excluding hydrogens is 299 g/mol. The van der Waals surface area contributed by atoms with Gasteiger partial charge in [0, 0.05) is 11.4 Å². The fraction of sp³-hybridized carbons (Fsp3) is 0.231. The van der Waals surface area contributed by atoms with Crippen LogP contribution in [-0.2, 0) is 6.54 Å². The minimum absolute atomic E-state index is 0.302. The lowest BCUT2D eigenvalue weighted by molar-refractivity contribution is 0.612. The van der Waals surface area contributed by atoms with E-state index >= 15 is 0 Å². The summed E-state index contributed by atoms with van der Waals surface area (Å²) in [5, 5.41) is 0. The summed E-state index contributed by atoms with van der Waals surface area (Å²) < 4.78 is 15.3. The highest BCUT2D eigenvalue weighted by atomic mass is 79.9. The molecule has 94 valence electrons. The van der Waals surface area contributed by atoms with Crippen LogP contribution in [0.2, 0.25) is 0 Å². The van der Waals surface area contributed by atoms with Gasteiger partial charge in [-0.3, -0.25) is 4.57 Å². The molecule has 3 nitrogen and oxygen atoms in total. The summed E-state index contributed by atoms with van der Waals surface area (Å²) in [5.74, 6) is -0.335. The molecule has 18 heavy (non-hydrogen) atoms. The number of aromatic nitrogens is 2. The molecule has 2 rings (SSSR count). The van der Waals surface area contributed by atoms with Gasteiger partial charge in [0.1, 0.15) is 5.82 Å². The van der Waals surface area contributed by atoms with Crippen LogP contribution in [0.1, 0.15) is 17.0 Å². The smallest absolute Gasteiger partial charge is 0.292 e. The van der Waals surface area contributed by atoms with Gasteiger partial charge >= 0.3 is 5.69 Å². The van der Waals surface area contributed by atoms with Crippen LogP contribution in [0, 0.1) is 19.7 Å². The average Bonchev–Trinajstić information content (AvgIpc) is 2.28. The fourth-order valence-corrected chi connectivity index (χ4v) is 2.20. The van der Waals surface area contributed by atoms with E-state index in [0.717, 1.165) is 5.69 Å². The highest BCUT2D eigenvalue weighted by molar-refractivity contribution is 9.10. The average molecular weight is 311 g/mol. The summed E-state index contributed by atoms with van der Waals surface area (Å²) in [6, 6.07) is 6.60. The number of aryl methyl sites for hydroxylation is 2. The normalized spacial score (nSPS) is 10.7. The Kier molecular flexibility index (Phi) is 3.61. The van der Waals surface area contributed by atoms with Gasteiger partial charge in [0.25, 0.3) is 0 Å². The second kappa shape index (κ2) is 5.02. The first-order valence-electron chi connectivity index (χ1n) is 5.47. The summed E-state index contributed by atoms with van der Waals surface area (Å²) >= 11 is 3.19. The topological polar surface area (TPSA) is 34.9 Å². The molecule has 5 heteroatoms. The standard InChI is InChI=1S/C13H12BrFN2O/c1-8-6-9(2)17(13(18)16-8)7-10-4-3-5-11(15)12(10)14/h3-6H,7H2,1-2H3. The van der Waals surface area contributed by atoms with Crippen molar-refractivity contribution in [3.8, 4) is 0 Å². The molecule has 0 aliphatic heterocycles. The Morgan fingerprint density at radius 1 is 1.39 bits per heavy atom. The van der Waals surface area contributed by atoms with E-state index < -0.39 is 0 Å². The molecule has 0 amide bonds. The second-order valence-electron chi connectivity index (χ2n) is 4.12. The molecule has 0 aliphatic rings. The first-order valence-corrected chi connectivity index (χ1v) is 6.26. The van der Waals surface area contributed by atoms with Crippen molar-refractivity contribution < 1.29 is 4.39 Å². The van der Waals surface area contributed by atoms with E-state index in [1.54, 1.807) is 19.1 Å². The van der Waals surface area contributed by atoms with Crippen molar-refractivity contribution in [3.63, 3.8) is 0 Å². The van der Waals surface area contributed by atoms with Crippen molar-refractivity contribution >= 4 is 15.9 Å². The van der Waals surface area contributed by atoms with E-state index in [2.05, 4.69) is 20.9 Å². The molecule has 1 heterocycles. The Labute approximate surface area is 112 Å². The quantitative estimate of drug-likeness (QED) is 0.855. The van der Waals surface area contributed by atoms with E-state index in [0.29, 0.717) is 22.3 Å². The minimum atomic E-state index is -0.335. The number of benzene rings is 1. The maximum Gasteiger partial charge on any atom is 0.348 e. The van der Waals surface area contributed by atoms with E-state index in [-0.39, 0.29) is 11.5 Å². The first kappa shape index (κ1) is 13.0. The van der Waals surface area contributed by atoms with Crippen LogP contribution in [0.25, 0.3) is 0 Å². The largest absolute Gasteiger partial charge is 0.348 e. The highest BCUT2D eigenvalue weighted by Gasteiger charge is 2.09. The van der Waals surface area contributed by atoms with Gasteiger partial charge in [0.15, 0.2) is 0 Å². The molecule has 0 saturated heterocycles. The predicted molar refractivity (Wildman–Crippen MR) is 71.2 cm³/mol. The maximum absolute atomic E-state index is 13.4. The van der Waals surface area contributed by atoms with Gasteiger partial charge in [-0.15, -0.1) is 0 Å². The van der Waals surface area contributed by atoms with Crippen LogP contribution in [0.5, 0.6) is 0 Å². The van der Waals surface area contributed by atoms with Crippen molar-refractivity contribution in [2.24, 2.45) is 0 Å². The zero-order valence-corrected chi connectivity index (χ0v) is 11.7. The zero-order valence-electron chi connectivity index (χ0n) is 10.1. The summed E-state index contributed by atoms with van der Waals surface area (Å²) in [6.45, 7) is 3.91. The van der Waals surface area contributed by atoms with Crippen molar-refractivity contribution in [1.29, 1.82) is 0 Å². The Bertz CT molecular complexity index is 652. The van der Waals surface area contributed by atoms with Crippen molar-refractivity contribution in [2.75, 3.05) is 0 Å². The third kappa shape index (κ3) is 2.51. The molecule has 0 atom stereocenters. The van der Waals surface area contributed by atoms with Gasteiger partial charge in [-0.05, 0) is 47.5 Å². The molecule has 0 aliphatic carbocycles. The van der Waals surface area contributed by atoms with E-state index in [4.69, 9.17) is 0 Å². The van der Waals surface area contributed by atoms with Gasteiger partial charge < -0.3 is 0 Å². The zero-order chi connectivity index (χ0) is 13.3. The molecule has 0 fully saturated rings. The summed E-state index contributed by atoms with van der Waals surface area (Å²) in [6.07, 6.45) is 0. The molecule has 2 aromatic rings. The first-order chi connectivity index (χ1) is 8.49. The van der Waals surface area contributed by atoms with Gasteiger partial charge in [0.05, 0.1) is 11.0 Å². The summed E-state index contributed by atoms with van der Waals surface area (Å²) in [7, 11) is 0. The molecule has 0 radical (unpaired) electrons. The van der Waals surface area contributed by atoms with Gasteiger partial charge in [-0.1, -0.05) is 12.1 Å². The van der Waals surface area contributed by atoms with E-state index in [1.165, 1.54) is 10.6 Å². The molecule has 0 unspecified atom stereocenters. The Balaban J connectivity index is 2.47. The third-order valence-electron chi connectivity index (χ3n) is 2.71. The molecule has 0 spiro atoms. The molecule has 0 N–H and O–H groups in total. The van der Waals surface area contributed by atoms with E-state index in [9.17, 15) is 9.18 Å². The second-order valence-corrected chi connectivity index (χ2v) is 4.91. The van der Waals surface area contributed by atoms with Crippen LogP contribution < -0.4 is 5.69 Å². The molecule has 1 aromatic carbocycles. The Morgan fingerprint density at radius 3 is 2.78 bits per heavy atom. The maximum atomic E-state index is 13.4. The lowest BCUT2D eigenvalue weighted by Crippen LogP contribution is -2.26. The summed E-state index contributed by atoms with van der Waals surface area (Å²) in [5.41, 5.74) is 1.89. The van der Waals surface area contributed by atoms with Gasteiger partial charge in [-0.2, -0.15) is 4.98 Å². The predicted octanol–water partition coefficient (Wildman–Crippen LogP) is 2.81. The number of hydrogen-bond donors (Lipinski definition) is 0. The third-order valence-corrected chi connectivity index (χ3v) is 3.59. The monoisotopic (exact) mass is 310 g/mol. The lowest BCUT2D eigenvalue weighted by Gasteiger charge is -2.11.